The highest BCUT2D eigenvalue weighted by Gasteiger charge is 2.16. The van der Waals surface area contributed by atoms with Gasteiger partial charge in [-0.15, -0.1) is 0 Å². The van der Waals surface area contributed by atoms with E-state index in [2.05, 4.69) is 16.8 Å². The number of pyridine rings is 1. The molecule has 0 bridgehead atoms. The minimum absolute atomic E-state index is 0.0990. The first kappa shape index (κ1) is 17.5. The van der Waals surface area contributed by atoms with E-state index in [0.717, 1.165) is 5.56 Å². The van der Waals surface area contributed by atoms with Crippen molar-refractivity contribution in [3.05, 3.63) is 59.4 Å². The van der Waals surface area contributed by atoms with E-state index in [-0.39, 0.29) is 12.3 Å². The highest BCUT2D eigenvalue weighted by molar-refractivity contribution is 5.90. The van der Waals surface area contributed by atoms with E-state index in [9.17, 15) is 4.79 Å². The van der Waals surface area contributed by atoms with Crippen LogP contribution in [0.4, 0.5) is 0 Å². The number of esters is 1. The smallest absolute Gasteiger partial charge is 0.360 e. The molecule has 2 aromatic rings. The number of hydrogen-bond donors (Lipinski definition) is 1. The van der Waals surface area contributed by atoms with Crippen LogP contribution in [0.5, 0.6) is 5.75 Å². The summed E-state index contributed by atoms with van der Waals surface area (Å²) in [5.41, 5.74) is 1.55. The van der Waals surface area contributed by atoms with Gasteiger partial charge in [-0.3, -0.25) is 0 Å². The van der Waals surface area contributed by atoms with Crippen molar-refractivity contribution in [1.82, 2.24) is 4.98 Å². The molecule has 0 amide bonds. The van der Waals surface area contributed by atoms with Crippen LogP contribution in [0.3, 0.4) is 0 Å². The van der Waals surface area contributed by atoms with Gasteiger partial charge in [0.2, 0.25) is 0 Å². The fraction of sp³-hybridized carbons (Fsp3) is 0.263. The lowest BCUT2D eigenvalue weighted by Gasteiger charge is -2.10. The van der Waals surface area contributed by atoms with Crippen molar-refractivity contribution in [2.24, 2.45) is 0 Å². The highest BCUT2D eigenvalue weighted by atomic mass is 16.5. The zero-order chi connectivity index (χ0) is 17.2. The van der Waals surface area contributed by atoms with Crippen LogP contribution in [-0.4, -0.2) is 29.8 Å². The zero-order valence-corrected chi connectivity index (χ0v) is 13.5. The molecule has 0 unspecified atom stereocenters. The number of aliphatic hydroxyl groups excluding tert-OH is 1. The average Bonchev–Trinajstić information content (AvgIpc) is 2.64. The monoisotopic (exact) mass is 325 g/mol. The molecule has 0 aliphatic heterocycles. The van der Waals surface area contributed by atoms with Gasteiger partial charge in [-0.2, -0.15) is 0 Å². The van der Waals surface area contributed by atoms with Crippen molar-refractivity contribution in [3.63, 3.8) is 0 Å². The summed E-state index contributed by atoms with van der Waals surface area (Å²) in [5, 5.41) is 8.74. The Labute approximate surface area is 141 Å². The molecule has 0 atom stereocenters. The summed E-state index contributed by atoms with van der Waals surface area (Å²) < 4.78 is 10.5. The van der Waals surface area contributed by atoms with Gasteiger partial charge in [0.25, 0.3) is 0 Å². The molecule has 5 nitrogen and oxygen atoms in total. The number of carbonyl (C=O) groups is 1. The topological polar surface area (TPSA) is 68.7 Å². The van der Waals surface area contributed by atoms with Crippen LogP contribution in [0.1, 0.15) is 34.6 Å². The molecule has 0 fully saturated rings. The first-order chi connectivity index (χ1) is 11.7. The van der Waals surface area contributed by atoms with Gasteiger partial charge in [0.1, 0.15) is 12.3 Å². The number of nitrogens with zero attached hydrogens (tertiary/aromatic N) is 1. The Hall–Kier alpha value is -2.84. The Morgan fingerprint density at radius 3 is 2.71 bits per heavy atom. The number of carbonyl (C=O) groups excluding carboxylic acids is 1. The average molecular weight is 325 g/mol. The van der Waals surface area contributed by atoms with Crippen LogP contribution >= 0.6 is 0 Å². The standard InChI is InChI=1S/C19H19NO4/c1-23-19(22)18-17(24-14-15-8-4-2-5-9-15)12-11-16(20-18)10-6-3-7-13-21/h2,4-5,8-9,11-12,21H,3,7,13-14H2,1H3. The highest BCUT2D eigenvalue weighted by Crippen LogP contribution is 2.19. The summed E-state index contributed by atoms with van der Waals surface area (Å²) in [5.74, 6) is 5.54. The SMILES string of the molecule is COC(=O)c1nc(C#CCCCO)ccc1OCc1ccccc1. The summed E-state index contributed by atoms with van der Waals surface area (Å²) in [6.07, 6.45) is 1.17. The van der Waals surface area contributed by atoms with Gasteiger partial charge >= 0.3 is 5.97 Å². The summed E-state index contributed by atoms with van der Waals surface area (Å²) >= 11 is 0. The van der Waals surface area contributed by atoms with Crippen LogP contribution in [0, 0.1) is 11.8 Å². The Kier molecular flexibility index (Phi) is 6.81. The second-order valence-electron chi connectivity index (χ2n) is 4.94. The number of aliphatic hydroxyl groups is 1. The second kappa shape index (κ2) is 9.33. The van der Waals surface area contributed by atoms with E-state index in [1.165, 1.54) is 7.11 Å². The molecule has 2 rings (SSSR count). The minimum atomic E-state index is -0.572. The van der Waals surface area contributed by atoms with Gasteiger partial charge in [0, 0.05) is 13.0 Å². The molecule has 0 saturated carbocycles. The second-order valence-corrected chi connectivity index (χ2v) is 4.94. The lowest BCUT2D eigenvalue weighted by Crippen LogP contribution is -2.09. The largest absolute Gasteiger partial charge is 0.486 e. The van der Waals surface area contributed by atoms with E-state index in [1.807, 2.05) is 30.3 Å². The molecule has 5 heteroatoms. The maximum absolute atomic E-state index is 11.9. The lowest BCUT2D eigenvalue weighted by molar-refractivity contribution is 0.0588. The van der Waals surface area contributed by atoms with Crippen molar-refractivity contribution in [1.29, 1.82) is 0 Å². The Morgan fingerprint density at radius 1 is 1.21 bits per heavy atom. The molecule has 1 aromatic heterocycles. The number of benzene rings is 1. The van der Waals surface area contributed by atoms with E-state index in [4.69, 9.17) is 14.6 Å². The van der Waals surface area contributed by atoms with E-state index in [0.29, 0.717) is 30.9 Å². The number of ether oxygens (including phenoxy) is 2. The molecule has 0 radical (unpaired) electrons. The van der Waals surface area contributed by atoms with Crippen LogP contribution < -0.4 is 4.74 Å². The summed E-state index contributed by atoms with van der Waals surface area (Å²) in [4.78, 5) is 16.1. The predicted molar refractivity (Wildman–Crippen MR) is 89.5 cm³/mol. The van der Waals surface area contributed by atoms with Crippen molar-refractivity contribution >= 4 is 5.97 Å². The van der Waals surface area contributed by atoms with Gasteiger partial charge in [0.15, 0.2) is 11.4 Å². The van der Waals surface area contributed by atoms with Gasteiger partial charge in [-0.25, -0.2) is 9.78 Å². The predicted octanol–water partition coefficient (Wildman–Crippen LogP) is 2.57. The summed E-state index contributed by atoms with van der Waals surface area (Å²) in [7, 11) is 1.30. The molecule has 0 saturated heterocycles. The van der Waals surface area contributed by atoms with Gasteiger partial charge < -0.3 is 14.6 Å². The third kappa shape index (κ3) is 5.11. The maximum atomic E-state index is 11.9. The maximum Gasteiger partial charge on any atom is 0.360 e. The molecule has 0 aliphatic carbocycles. The van der Waals surface area contributed by atoms with E-state index in [1.54, 1.807) is 12.1 Å². The van der Waals surface area contributed by atoms with Crippen molar-refractivity contribution in [2.45, 2.75) is 19.4 Å². The van der Waals surface area contributed by atoms with E-state index < -0.39 is 5.97 Å². The first-order valence-corrected chi connectivity index (χ1v) is 7.60. The Balaban J connectivity index is 2.17. The number of hydrogen-bond acceptors (Lipinski definition) is 5. The summed E-state index contributed by atoms with van der Waals surface area (Å²) in [6, 6.07) is 13.0. The normalized spacial score (nSPS) is 9.75. The Bertz CT molecular complexity index is 732. The van der Waals surface area contributed by atoms with Crippen molar-refractivity contribution in [2.75, 3.05) is 13.7 Å². The molecule has 0 spiro atoms. The molecule has 1 aromatic carbocycles. The lowest BCUT2D eigenvalue weighted by atomic mass is 10.2. The molecular weight excluding hydrogens is 306 g/mol. The summed E-state index contributed by atoms with van der Waals surface area (Å²) in [6.45, 7) is 0.426. The van der Waals surface area contributed by atoms with E-state index >= 15 is 0 Å². The molecule has 124 valence electrons. The van der Waals surface area contributed by atoms with Crippen molar-refractivity contribution in [3.8, 4) is 17.6 Å². The first-order valence-electron chi connectivity index (χ1n) is 7.60. The third-order valence-electron chi connectivity index (χ3n) is 3.15. The quantitative estimate of drug-likeness (QED) is 0.502. The molecule has 24 heavy (non-hydrogen) atoms. The zero-order valence-electron chi connectivity index (χ0n) is 13.5. The van der Waals surface area contributed by atoms with Gasteiger partial charge in [0.05, 0.1) is 7.11 Å². The van der Waals surface area contributed by atoms with Gasteiger partial charge in [-0.05, 0) is 30.0 Å². The number of methoxy groups -OCH3 is 1. The number of rotatable bonds is 6. The fourth-order valence-electron chi connectivity index (χ4n) is 1.93. The van der Waals surface area contributed by atoms with Crippen LogP contribution in [0.2, 0.25) is 0 Å². The molecule has 0 aliphatic rings. The number of aromatic nitrogens is 1. The molecule has 1 N–H and O–H groups in total. The number of unbranched alkanes of at least 4 members (excludes halogenated alkanes) is 1. The Morgan fingerprint density at radius 2 is 2.00 bits per heavy atom. The fourth-order valence-corrected chi connectivity index (χ4v) is 1.93. The van der Waals surface area contributed by atoms with Crippen LogP contribution in [-0.2, 0) is 11.3 Å². The third-order valence-corrected chi connectivity index (χ3v) is 3.15. The van der Waals surface area contributed by atoms with Crippen LogP contribution in [0.25, 0.3) is 0 Å². The van der Waals surface area contributed by atoms with Gasteiger partial charge in [-0.1, -0.05) is 36.3 Å². The minimum Gasteiger partial charge on any atom is -0.486 e. The van der Waals surface area contributed by atoms with Crippen molar-refractivity contribution < 1.29 is 19.4 Å². The molecule has 1 heterocycles. The molecular formula is C19H19NO4. The van der Waals surface area contributed by atoms with Crippen LogP contribution in [0.15, 0.2) is 42.5 Å².